The lowest BCUT2D eigenvalue weighted by atomic mass is 9.84. The van der Waals surface area contributed by atoms with Crippen molar-refractivity contribution in [3.63, 3.8) is 0 Å². The van der Waals surface area contributed by atoms with Gasteiger partial charge in [0.1, 0.15) is 17.3 Å². The Labute approximate surface area is 93.1 Å². The molecule has 0 spiro atoms. The number of amidine groups is 1. The summed E-state index contributed by atoms with van der Waals surface area (Å²) in [5, 5.41) is 2.82. The van der Waals surface area contributed by atoms with Gasteiger partial charge in [0.05, 0.1) is 6.26 Å². The zero-order chi connectivity index (χ0) is 11.0. The fraction of sp³-hybridized carbons (Fsp3) is 0.333. The molecule has 1 aromatic heterocycles. The highest BCUT2D eigenvalue weighted by Crippen LogP contribution is 2.29. The van der Waals surface area contributed by atoms with E-state index < -0.39 is 0 Å². The highest BCUT2D eigenvalue weighted by atomic mass is 16.3. The second-order valence-electron chi connectivity index (χ2n) is 4.12. The quantitative estimate of drug-likeness (QED) is 0.768. The minimum atomic E-state index is -0.127. The molecular weight excluding hydrogens is 204 g/mol. The van der Waals surface area contributed by atoms with Crippen LogP contribution in [0.2, 0.25) is 0 Å². The standard InChI is InChI=1S/C12H12N2O2/c15-12-10(7-9-5-2-6-16-9)13-11(14-12)8-3-1-4-8/h2,5-8H,1,3-4H2,(H,13,14,15)/b10-7+. The van der Waals surface area contributed by atoms with Gasteiger partial charge in [0, 0.05) is 12.0 Å². The first kappa shape index (κ1) is 9.39. The van der Waals surface area contributed by atoms with Crippen molar-refractivity contribution < 1.29 is 9.21 Å². The second-order valence-corrected chi connectivity index (χ2v) is 4.12. The molecule has 3 rings (SSSR count). The number of carbonyl (C=O) groups is 1. The normalized spacial score (nSPS) is 23.1. The van der Waals surface area contributed by atoms with Crippen LogP contribution in [-0.4, -0.2) is 11.7 Å². The van der Waals surface area contributed by atoms with Gasteiger partial charge < -0.3 is 9.73 Å². The van der Waals surface area contributed by atoms with Crippen LogP contribution in [0.3, 0.4) is 0 Å². The molecule has 82 valence electrons. The molecule has 16 heavy (non-hydrogen) atoms. The van der Waals surface area contributed by atoms with Crippen molar-refractivity contribution in [2.24, 2.45) is 10.9 Å². The molecule has 0 atom stereocenters. The number of nitrogens with one attached hydrogen (secondary N) is 1. The Balaban J connectivity index is 1.85. The summed E-state index contributed by atoms with van der Waals surface area (Å²) in [5.74, 6) is 1.81. The zero-order valence-electron chi connectivity index (χ0n) is 8.77. The maximum Gasteiger partial charge on any atom is 0.275 e. The zero-order valence-corrected chi connectivity index (χ0v) is 8.77. The van der Waals surface area contributed by atoms with E-state index in [4.69, 9.17) is 4.42 Å². The first-order valence-electron chi connectivity index (χ1n) is 5.48. The summed E-state index contributed by atoms with van der Waals surface area (Å²) in [7, 11) is 0. The summed E-state index contributed by atoms with van der Waals surface area (Å²) in [4.78, 5) is 15.9. The average Bonchev–Trinajstić information content (AvgIpc) is 2.76. The number of nitrogens with zero attached hydrogens (tertiary/aromatic N) is 1. The monoisotopic (exact) mass is 216 g/mol. The molecule has 1 amide bonds. The van der Waals surface area contributed by atoms with E-state index in [1.165, 1.54) is 6.42 Å². The molecule has 1 fully saturated rings. The van der Waals surface area contributed by atoms with Crippen molar-refractivity contribution in [2.75, 3.05) is 0 Å². The average molecular weight is 216 g/mol. The first-order chi connectivity index (χ1) is 7.83. The first-order valence-corrected chi connectivity index (χ1v) is 5.48. The van der Waals surface area contributed by atoms with Gasteiger partial charge in [0.25, 0.3) is 5.91 Å². The molecule has 0 radical (unpaired) electrons. The molecule has 0 unspecified atom stereocenters. The van der Waals surface area contributed by atoms with Crippen LogP contribution >= 0.6 is 0 Å². The summed E-state index contributed by atoms with van der Waals surface area (Å²) in [5.41, 5.74) is 0.442. The fourth-order valence-electron chi connectivity index (χ4n) is 1.87. The Morgan fingerprint density at radius 2 is 2.38 bits per heavy atom. The topological polar surface area (TPSA) is 54.6 Å². The molecule has 2 heterocycles. The highest BCUT2D eigenvalue weighted by molar-refractivity contribution is 6.15. The summed E-state index contributed by atoms with van der Waals surface area (Å²) >= 11 is 0. The van der Waals surface area contributed by atoms with Crippen molar-refractivity contribution in [3.8, 4) is 0 Å². The van der Waals surface area contributed by atoms with E-state index in [1.54, 1.807) is 24.5 Å². The molecule has 2 aliphatic rings. The highest BCUT2D eigenvalue weighted by Gasteiger charge is 2.30. The lowest BCUT2D eigenvalue weighted by molar-refractivity contribution is -0.115. The van der Waals surface area contributed by atoms with Gasteiger partial charge in [-0.3, -0.25) is 4.79 Å². The number of amides is 1. The summed E-state index contributed by atoms with van der Waals surface area (Å²) < 4.78 is 5.15. The van der Waals surface area contributed by atoms with Crippen LogP contribution < -0.4 is 5.32 Å². The molecule has 0 bridgehead atoms. The van der Waals surface area contributed by atoms with Crippen LogP contribution in [-0.2, 0) is 4.79 Å². The van der Waals surface area contributed by atoms with E-state index in [-0.39, 0.29) is 5.91 Å². The molecule has 4 heteroatoms. The van der Waals surface area contributed by atoms with E-state index in [9.17, 15) is 4.79 Å². The predicted octanol–water partition coefficient (Wildman–Crippen LogP) is 1.95. The Morgan fingerprint density at radius 3 is 3.00 bits per heavy atom. The van der Waals surface area contributed by atoms with E-state index in [1.807, 2.05) is 0 Å². The van der Waals surface area contributed by atoms with Crippen molar-refractivity contribution in [1.29, 1.82) is 0 Å². The van der Waals surface area contributed by atoms with Crippen LogP contribution in [0.1, 0.15) is 25.0 Å². The van der Waals surface area contributed by atoms with Crippen molar-refractivity contribution in [3.05, 3.63) is 29.9 Å². The lowest BCUT2D eigenvalue weighted by Crippen LogP contribution is -2.33. The number of carbonyl (C=O) groups excluding carboxylic acids is 1. The van der Waals surface area contributed by atoms with Crippen LogP contribution in [0.4, 0.5) is 0 Å². The summed E-state index contributed by atoms with van der Waals surface area (Å²) in [6, 6.07) is 3.59. The van der Waals surface area contributed by atoms with Crippen molar-refractivity contribution in [2.45, 2.75) is 19.3 Å². The van der Waals surface area contributed by atoms with Gasteiger partial charge in [-0.05, 0) is 25.0 Å². The van der Waals surface area contributed by atoms with Gasteiger partial charge in [-0.1, -0.05) is 6.42 Å². The van der Waals surface area contributed by atoms with Gasteiger partial charge >= 0.3 is 0 Å². The number of aliphatic imine (C=N–C) groups is 1. The molecule has 1 saturated carbocycles. The van der Waals surface area contributed by atoms with Crippen molar-refractivity contribution >= 4 is 17.8 Å². The number of rotatable bonds is 2. The minimum absolute atomic E-state index is 0.127. The predicted molar refractivity (Wildman–Crippen MR) is 59.6 cm³/mol. The number of hydrogen-bond donors (Lipinski definition) is 1. The smallest absolute Gasteiger partial charge is 0.275 e. The Bertz CT molecular complexity index is 467. The van der Waals surface area contributed by atoms with Gasteiger partial charge in [-0.25, -0.2) is 4.99 Å². The molecule has 0 aromatic carbocycles. The third-order valence-corrected chi connectivity index (χ3v) is 3.03. The van der Waals surface area contributed by atoms with Gasteiger partial charge in [-0.2, -0.15) is 0 Å². The second kappa shape index (κ2) is 3.63. The summed E-state index contributed by atoms with van der Waals surface area (Å²) in [6.07, 6.45) is 6.74. The van der Waals surface area contributed by atoms with Crippen LogP contribution in [0, 0.1) is 5.92 Å². The molecular formula is C12H12N2O2. The number of furan rings is 1. The van der Waals surface area contributed by atoms with Gasteiger partial charge in [0.2, 0.25) is 0 Å². The molecule has 1 aliphatic heterocycles. The van der Waals surface area contributed by atoms with Gasteiger partial charge in [-0.15, -0.1) is 0 Å². The largest absolute Gasteiger partial charge is 0.465 e. The Morgan fingerprint density at radius 1 is 1.50 bits per heavy atom. The fourth-order valence-corrected chi connectivity index (χ4v) is 1.87. The summed E-state index contributed by atoms with van der Waals surface area (Å²) in [6.45, 7) is 0. The van der Waals surface area contributed by atoms with E-state index >= 15 is 0 Å². The molecule has 1 aromatic rings. The molecule has 1 N–H and O–H groups in total. The Hall–Kier alpha value is -1.84. The maximum atomic E-state index is 11.6. The van der Waals surface area contributed by atoms with Crippen LogP contribution in [0.5, 0.6) is 0 Å². The maximum absolute atomic E-state index is 11.6. The number of hydrogen-bond acceptors (Lipinski definition) is 3. The van der Waals surface area contributed by atoms with E-state index in [0.29, 0.717) is 17.4 Å². The lowest BCUT2D eigenvalue weighted by Gasteiger charge is -2.24. The third-order valence-electron chi connectivity index (χ3n) is 3.03. The SMILES string of the molecule is O=C1NC(C2CCC2)=N/C1=C/c1ccco1. The van der Waals surface area contributed by atoms with Crippen LogP contribution in [0.15, 0.2) is 33.5 Å². The van der Waals surface area contributed by atoms with E-state index in [2.05, 4.69) is 10.3 Å². The van der Waals surface area contributed by atoms with E-state index in [0.717, 1.165) is 18.7 Å². The minimum Gasteiger partial charge on any atom is -0.465 e. The van der Waals surface area contributed by atoms with Crippen molar-refractivity contribution in [1.82, 2.24) is 5.32 Å². The van der Waals surface area contributed by atoms with Crippen LogP contribution in [0.25, 0.3) is 6.08 Å². The van der Waals surface area contributed by atoms with Gasteiger partial charge in [0.15, 0.2) is 0 Å². The molecule has 1 aliphatic carbocycles. The third kappa shape index (κ3) is 1.56. The Kier molecular flexibility index (Phi) is 2.13. The molecule has 0 saturated heterocycles. The molecule has 4 nitrogen and oxygen atoms in total.